The van der Waals surface area contributed by atoms with Gasteiger partial charge in [0, 0.05) is 24.0 Å². The number of nitrogens with zero attached hydrogens (tertiary/aromatic N) is 1. The molecule has 0 aliphatic carbocycles. The molecule has 1 aliphatic rings. The molecule has 1 aliphatic heterocycles. The number of rotatable bonds is 4. The first kappa shape index (κ1) is 15.8. The van der Waals surface area contributed by atoms with E-state index < -0.39 is 5.97 Å². The average Bonchev–Trinajstić information content (AvgIpc) is 2.46. The van der Waals surface area contributed by atoms with Gasteiger partial charge in [-0.1, -0.05) is 0 Å². The Bertz CT molecular complexity index is 538. The highest BCUT2D eigenvalue weighted by molar-refractivity contribution is 9.10. The monoisotopic (exact) mass is 355 g/mol. The molecule has 0 unspecified atom stereocenters. The molecular weight excluding hydrogens is 338 g/mol. The summed E-state index contributed by atoms with van der Waals surface area (Å²) in [6.45, 7) is 1.21. The van der Waals surface area contributed by atoms with Crippen LogP contribution in [0.25, 0.3) is 0 Å². The van der Waals surface area contributed by atoms with Crippen LogP contribution in [0.15, 0.2) is 22.7 Å². The number of carbonyl (C=O) groups excluding carboxylic acids is 1. The van der Waals surface area contributed by atoms with Crippen LogP contribution < -0.4 is 4.74 Å². The van der Waals surface area contributed by atoms with Crippen molar-refractivity contribution in [3.8, 4) is 5.75 Å². The van der Waals surface area contributed by atoms with Gasteiger partial charge >= 0.3 is 5.97 Å². The number of likely N-dealkylation sites (tertiary alicyclic amines) is 1. The second-order valence-corrected chi connectivity index (χ2v) is 6.03. The van der Waals surface area contributed by atoms with Crippen molar-refractivity contribution >= 4 is 27.8 Å². The van der Waals surface area contributed by atoms with E-state index in [9.17, 15) is 9.59 Å². The van der Waals surface area contributed by atoms with Crippen molar-refractivity contribution in [2.24, 2.45) is 5.92 Å². The fourth-order valence-electron chi connectivity index (χ4n) is 2.55. The van der Waals surface area contributed by atoms with E-state index in [2.05, 4.69) is 15.9 Å². The maximum Gasteiger partial charge on any atom is 0.303 e. The number of methoxy groups -OCH3 is 1. The van der Waals surface area contributed by atoms with E-state index in [0.29, 0.717) is 28.9 Å². The molecule has 21 heavy (non-hydrogen) atoms. The maximum atomic E-state index is 12.5. The van der Waals surface area contributed by atoms with Crippen LogP contribution >= 0.6 is 15.9 Å². The number of piperidine rings is 1. The molecule has 0 bridgehead atoms. The van der Waals surface area contributed by atoms with Gasteiger partial charge in [0.15, 0.2) is 0 Å². The zero-order valence-corrected chi connectivity index (χ0v) is 13.4. The predicted octanol–water partition coefficient (Wildman–Crippen LogP) is 2.78. The van der Waals surface area contributed by atoms with E-state index in [-0.39, 0.29) is 18.2 Å². The van der Waals surface area contributed by atoms with Crippen LogP contribution in [0.5, 0.6) is 5.75 Å². The molecule has 1 aromatic carbocycles. The first-order chi connectivity index (χ1) is 10.0. The normalized spacial score (nSPS) is 15.8. The smallest absolute Gasteiger partial charge is 0.303 e. The third-order valence-electron chi connectivity index (χ3n) is 3.77. The summed E-state index contributed by atoms with van der Waals surface area (Å²) in [4.78, 5) is 25.0. The minimum absolute atomic E-state index is 0.0293. The lowest BCUT2D eigenvalue weighted by molar-refractivity contribution is -0.138. The van der Waals surface area contributed by atoms with Gasteiger partial charge in [0.2, 0.25) is 0 Å². The summed E-state index contributed by atoms with van der Waals surface area (Å²) in [6, 6.07) is 5.27. The zero-order valence-electron chi connectivity index (χ0n) is 11.8. The van der Waals surface area contributed by atoms with Crippen molar-refractivity contribution in [3.63, 3.8) is 0 Å². The molecule has 0 radical (unpaired) electrons. The number of amides is 1. The summed E-state index contributed by atoms with van der Waals surface area (Å²) in [5, 5.41) is 8.81. The number of benzene rings is 1. The molecule has 1 aromatic rings. The van der Waals surface area contributed by atoms with Gasteiger partial charge in [-0.25, -0.2) is 0 Å². The molecule has 1 heterocycles. The molecule has 1 saturated heterocycles. The molecule has 0 saturated carbocycles. The third-order valence-corrected chi connectivity index (χ3v) is 4.43. The van der Waals surface area contributed by atoms with Crippen molar-refractivity contribution in [1.29, 1.82) is 0 Å². The minimum atomic E-state index is -0.766. The van der Waals surface area contributed by atoms with Crippen molar-refractivity contribution in [2.75, 3.05) is 20.2 Å². The van der Waals surface area contributed by atoms with E-state index in [1.807, 2.05) is 0 Å². The van der Waals surface area contributed by atoms with Gasteiger partial charge in [0.1, 0.15) is 5.75 Å². The van der Waals surface area contributed by atoms with Crippen molar-refractivity contribution in [2.45, 2.75) is 19.3 Å². The third kappa shape index (κ3) is 3.97. The largest absolute Gasteiger partial charge is 0.497 e. The van der Waals surface area contributed by atoms with Gasteiger partial charge in [-0.2, -0.15) is 0 Å². The maximum absolute atomic E-state index is 12.5. The highest BCUT2D eigenvalue weighted by Gasteiger charge is 2.25. The summed E-state index contributed by atoms with van der Waals surface area (Å²) in [7, 11) is 1.58. The number of halogens is 1. The van der Waals surface area contributed by atoms with Crippen LogP contribution in [0.3, 0.4) is 0 Å². The Kier molecular flexibility index (Phi) is 5.22. The summed E-state index contributed by atoms with van der Waals surface area (Å²) in [5.74, 6) is 0.0698. The molecule has 2 rings (SSSR count). The number of aliphatic carboxylic acids is 1. The van der Waals surface area contributed by atoms with Crippen molar-refractivity contribution in [1.82, 2.24) is 4.90 Å². The van der Waals surface area contributed by atoms with Crippen LogP contribution in [0.1, 0.15) is 29.6 Å². The minimum Gasteiger partial charge on any atom is -0.497 e. The lowest BCUT2D eigenvalue weighted by Crippen LogP contribution is -2.39. The first-order valence-corrected chi connectivity index (χ1v) is 7.65. The van der Waals surface area contributed by atoms with Crippen LogP contribution in [0, 0.1) is 5.92 Å². The first-order valence-electron chi connectivity index (χ1n) is 6.86. The number of carboxylic acid groups (broad SMARTS) is 1. The number of carboxylic acids is 1. The molecule has 114 valence electrons. The summed E-state index contributed by atoms with van der Waals surface area (Å²) in [5.41, 5.74) is 0.604. The van der Waals surface area contributed by atoms with E-state index in [1.54, 1.807) is 30.2 Å². The molecule has 1 amide bonds. The van der Waals surface area contributed by atoms with Crippen molar-refractivity contribution in [3.05, 3.63) is 28.2 Å². The SMILES string of the molecule is COc1ccc(C(=O)N2CCC(CC(=O)O)CC2)c(Br)c1. The number of ether oxygens (including phenoxy) is 1. The quantitative estimate of drug-likeness (QED) is 0.901. The molecule has 0 atom stereocenters. The number of hydrogen-bond donors (Lipinski definition) is 1. The van der Waals surface area contributed by atoms with E-state index >= 15 is 0 Å². The molecule has 5 nitrogen and oxygen atoms in total. The fourth-order valence-corrected chi connectivity index (χ4v) is 3.08. The van der Waals surface area contributed by atoms with E-state index in [1.165, 1.54) is 0 Å². The van der Waals surface area contributed by atoms with Crippen LogP contribution in [0.2, 0.25) is 0 Å². The van der Waals surface area contributed by atoms with E-state index in [0.717, 1.165) is 12.8 Å². The Morgan fingerprint density at radius 2 is 2.05 bits per heavy atom. The summed E-state index contributed by atoms with van der Waals surface area (Å²) >= 11 is 3.39. The van der Waals surface area contributed by atoms with Gasteiger partial charge in [-0.05, 0) is 52.9 Å². The van der Waals surface area contributed by atoms with Crippen LogP contribution in [-0.2, 0) is 4.79 Å². The Labute approximate surface area is 132 Å². The van der Waals surface area contributed by atoms with Gasteiger partial charge in [-0.15, -0.1) is 0 Å². The summed E-state index contributed by atoms with van der Waals surface area (Å²) in [6.07, 6.45) is 1.67. The van der Waals surface area contributed by atoms with Crippen LogP contribution in [0.4, 0.5) is 0 Å². The Morgan fingerprint density at radius 1 is 1.38 bits per heavy atom. The average molecular weight is 356 g/mol. The van der Waals surface area contributed by atoms with Gasteiger partial charge in [-0.3, -0.25) is 9.59 Å². The molecule has 1 N–H and O–H groups in total. The topological polar surface area (TPSA) is 66.8 Å². The lowest BCUT2D eigenvalue weighted by atomic mass is 9.93. The highest BCUT2D eigenvalue weighted by atomic mass is 79.9. The number of hydrogen-bond acceptors (Lipinski definition) is 3. The lowest BCUT2D eigenvalue weighted by Gasteiger charge is -2.31. The standard InChI is InChI=1S/C15H18BrNO4/c1-21-11-2-3-12(13(16)9-11)15(20)17-6-4-10(5-7-17)8-14(18)19/h2-3,9-10H,4-8H2,1H3,(H,18,19). The molecule has 0 aromatic heterocycles. The molecular formula is C15H18BrNO4. The molecule has 6 heteroatoms. The molecule has 1 fully saturated rings. The van der Waals surface area contributed by atoms with Gasteiger partial charge in [0.25, 0.3) is 5.91 Å². The van der Waals surface area contributed by atoms with Crippen molar-refractivity contribution < 1.29 is 19.4 Å². The zero-order chi connectivity index (χ0) is 15.4. The molecule has 0 spiro atoms. The van der Waals surface area contributed by atoms with Gasteiger partial charge < -0.3 is 14.7 Å². The Balaban J connectivity index is 2.00. The number of carbonyl (C=O) groups is 2. The van der Waals surface area contributed by atoms with E-state index in [4.69, 9.17) is 9.84 Å². The summed E-state index contributed by atoms with van der Waals surface area (Å²) < 4.78 is 5.82. The predicted molar refractivity (Wildman–Crippen MR) is 81.6 cm³/mol. The second kappa shape index (κ2) is 6.93. The van der Waals surface area contributed by atoms with Gasteiger partial charge in [0.05, 0.1) is 12.7 Å². The Hall–Kier alpha value is -1.56. The fraction of sp³-hybridized carbons (Fsp3) is 0.467. The highest BCUT2D eigenvalue weighted by Crippen LogP contribution is 2.26. The van der Waals surface area contributed by atoms with Crippen LogP contribution in [-0.4, -0.2) is 42.1 Å². The second-order valence-electron chi connectivity index (χ2n) is 5.18. The Morgan fingerprint density at radius 3 is 2.57 bits per heavy atom.